The minimum Gasteiger partial charge on any atom is -0.496 e. The average molecular weight is 490 g/mol. The number of morpholine rings is 1. The lowest BCUT2D eigenvalue weighted by atomic mass is 9.72. The Labute approximate surface area is 215 Å². The summed E-state index contributed by atoms with van der Waals surface area (Å²) in [5.74, 6) is 1.83. The Hall–Kier alpha value is -2.86. The Morgan fingerprint density at radius 1 is 0.917 bits per heavy atom. The van der Waals surface area contributed by atoms with Crippen molar-refractivity contribution in [1.29, 1.82) is 0 Å². The van der Waals surface area contributed by atoms with Gasteiger partial charge in [-0.2, -0.15) is 0 Å². The molecule has 3 aromatic carbocycles. The Kier molecular flexibility index (Phi) is 9.03. The van der Waals surface area contributed by atoms with Crippen molar-refractivity contribution in [3.63, 3.8) is 0 Å². The van der Waals surface area contributed by atoms with Crippen LogP contribution in [0.2, 0.25) is 0 Å². The van der Waals surface area contributed by atoms with Crippen molar-refractivity contribution in [3.8, 4) is 11.5 Å². The standard InChI is InChI=1S/C31H39NO4/c1-24(2)17-20-36-27-15-13-26(14-16-27)31(33,28-11-7-8-12-30(28)34-3)29(25-9-5-4-6-10-25)23-32-18-21-35-22-19-32/h4-16,24,29,33H,17-23H2,1-3H3/t29-,31-/m1/s1. The van der Waals surface area contributed by atoms with Gasteiger partial charge in [0, 0.05) is 31.1 Å². The second-order valence-electron chi connectivity index (χ2n) is 9.90. The second-order valence-corrected chi connectivity index (χ2v) is 9.90. The molecule has 1 fully saturated rings. The molecule has 0 saturated carbocycles. The lowest BCUT2D eigenvalue weighted by Crippen LogP contribution is -2.45. The van der Waals surface area contributed by atoms with Crippen LogP contribution in [0.15, 0.2) is 78.9 Å². The summed E-state index contributed by atoms with van der Waals surface area (Å²) in [5, 5.41) is 12.9. The van der Waals surface area contributed by atoms with Crippen LogP contribution in [-0.2, 0) is 10.3 Å². The van der Waals surface area contributed by atoms with Crippen molar-refractivity contribution in [2.24, 2.45) is 5.92 Å². The Morgan fingerprint density at radius 2 is 1.58 bits per heavy atom. The molecule has 0 spiro atoms. The molecule has 0 unspecified atom stereocenters. The van der Waals surface area contributed by atoms with Crippen molar-refractivity contribution in [1.82, 2.24) is 4.90 Å². The first-order chi connectivity index (χ1) is 17.5. The van der Waals surface area contributed by atoms with E-state index >= 15 is 0 Å². The monoisotopic (exact) mass is 489 g/mol. The van der Waals surface area contributed by atoms with E-state index in [0.717, 1.165) is 42.0 Å². The number of hydrogen-bond acceptors (Lipinski definition) is 5. The fourth-order valence-corrected chi connectivity index (χ4v) is 4.93. The normalized spacial score (nSPS) is 16.9. The topological polar surface area (TPSA) is 51.2 Å². The molecule has 2 atom stereocenters. The molecule has 1 N–H and O–H groups in total. The van der Waals surface area contributed by atoms with Crippen molar-refractivity contribution in [2.45, 2.75) is 31.8 Å². The third kappa shape index (κ3) is 6.09. The molecule has 0 aliphatic carbocycles. The number of nitrogens with zero attached hydrogens (tertiary/aromatic N) is 1. The summed E-state index contributed by atoms with van der Waals surface area (Å²) >= 11 is 0. The van der Waals surface area contributed by atoms with Crippen LogP contribution in [0.5, 0.6) is 11.5 Å². The van der Waals surface area contributed by atoms with Gasteiger partial charge in [0.2, 0.25) is 0 Å². The smallest absolute Gasteiger partial charge is 0.126 e. The highest BCUT2D eigenvalue weighted by Crippen LogP contribution is 2.46. The van der Waals surface area contributed by atoms with E-state index in [1.165, 1.54) is 0 Å². The first kappa shape index (κ1) is 26.2. The molecule has 1 aliphatic rings. The van der Waals surface area contributed by atoms with Gasteiger partial charge < -0.3 is 19.3 Å². The van der Waals surface area contributed by atoms with E-state index in [9.17, 15) is 5.11 Å². The van der Waals surface area contributed by atoms with Gasteiger partial charge in [0.15, 0.2) is 0 Å². The zero-order chi connectivity index (χ0) is 25.4. The van der Waals surface area contributed by atoms with Crippen LogP contribution in [0.1, 0.15) is 42.9 Å². The molecule has 1 saturated heterocycles. The molecule has 1 heterocycles. The van der Waals surface area contributed by atoms with E-state index in [-0.39, 0.29) is 5.92 Å². The van der Waals surface area contributed by atoms with E-state index in [1.54, 1.807) is 7.11 Å². The number of para-hydroxylation sites is 1. The SMILES string of the molecule is COc1ccccc1[C@](O)(c1ccc(OCCC(C)C)cc1)[C@H](CN1CCOCC1)c1ccccc1. The maximum Gasteiger partial charge on any atom is 0.126 e. The molecule has 5 heteroatoms. The molecule has 0 aromatic heterocycles. The van der Waals surface area contributed by atoms with Gasteiger partial charge in [0.1, 0.15) is 17.1 Å². The molecule has 5 nitrogen and oxygen atoms in total. The fourth-order valence-electron chi connectivity index (χ4n) is 4.93. The minimum absolute atomic E-state index is 0.235. The summed E-state index contributed by atoms with van der Waals surface area (Å²) in [5.41, 5.74) is 1.31. The van der Waals surface area contributed by atoms with E-state index in [1.807, 2.05) is 66.7 Å². The zero-order valence-electron chi connectivity index (χ0n) is 21.7. The fraction of sp³-hybridized carbons (Fsp3) is 0.419. The van der Waals surface area contributed by atoms with Crippen LogP contribution in [0, 0.1) is 5.92 Å². The molecule has 192 valence electrons. The van der Waals surface area contributed by atoms with Crippen LogP contribution in [-0.4, -0.2) is 56.6 Å². The van der Waals surface area contributed by atoms with Crippen LogP contribution in [0.25, 0.3) is 0 Å². The lowest BCUT2D eigenvalue weighted by Gasteiger charge is -2.41. The summed E-state index contributed by atoms with van der Waals surface area (Å²) in [4.78, 5) is 2.38. The average Bonchev–Trinajstić information content (AvgIpc) is 2.92. The van der Waals surface area contributed by atoms with Gasteiger partial charge in [-0.05, 0) is 41.7 Å². The molecule has 0 radical (unpaired) electrons. The van der Waals surface area contributed by atoms with Crippen LogP contribution in [0.4, 0.5) is 0 Å². The highest BCUT2D eigenvalue weighted by Gasteiger charge is 2.44. The molecule has 1 aliphatic heterocycles. The van der Waals surface area contributed by atoms with Gasteiger partial charge in [-0.25, -0.2) is 0 Å². The summed E-state index contributed by atoms with van der Waals surface area (Å²) < 4.78 is 17.3. The maximum atomic E-state index is 12.9. The largest absolute Gasteiger partial charge is 0.496 e. The number of methoxy groups -OCH3 is 1. The minimum atomic E-state index is -1.33. The third-order valence-electron chi connectivity index (χ3n) is 7.03. The van der Waals surface area contributed by atoms with E-state index in [2.05, 4.69) is 30.9 Å². The van der Waals surface area contributed by atoms with Crippen molar-refractivity contribution in [2.75, 3.05) is 46.6 Å². The first-order valence-corrected chi connectivity index (χ1v) is 13.0. The molecule has 0 bridgehead atoms. The van der Waals surface area contributed by atoms with E-state index in [4.69, 9.17) is 14.2 Å². The zero-order valence-corrected chi connectivity index (χ0v) is 21.7. The lowest BCUT2D eigenvalue weighted by molar-refractivity contribution is -0.000154. The Balaban J connectivity index is 1.78. The quantitative estimate of drug-likeness (QED) is 0.387. The Bertz CT molecular complexity index is 1060. The number of hydrogen-bond donors (Lipinski definition) is 1. The predicted molar refractivity (Wildman–Crippen MR) is 144 cm³/mol. The van der Waals surface area contributed by atoms with Gasteiger partial charge in [0.05, 0.1) is 26.9 Å². The molecule has 0 amide bonds. The van der Waals surface area contributed by atoms with E-state index in [0.29, 0.717) is 38.0 Å². The summed E-state index contributed by atoms with van der Waals surface area (Å²) in [6, 6.07) is 26.0. The molecular weight excluding hydrogens is 450 g/mol. The molecule has 36 heavy (non-hydrogen) atoms. The summed E-state index contributed by atoms with van der Waals surface area (Å²) in [7, 11) is 1.66. The van der Waals surface area contributed by atoms with Crippen molar-refractivity contribution < 1.29 is 19.3 Å². The second kappa shape index (κ2) is 12.4. The maximum absolute atomic E-state index is 12.9. The van der Waals surface area contributed by atoms with Crippen LogP contribution in [0.3, 0.4) is 0 Å². The molecule has 4 rings (SSSR count). The predicted octanol–water partition coefficient (Wildman–Crippen LogP) is 5.47. The third-order valence-corrected chi connectivity index (χ3v) is 7.03. The van der Waals surface area contributed by atoms with Crippen LogP contribution < -0.4 is 9.47 Å². The number of aliphatic hydroxyl groups is 1. The van der Waals surface area contributed by atoms with Gasteiger partial charge >= 0.3 is 0 Å². The number of benzene rings is 3. The number of ether oxygens (including phenoxy) is 3. The number of rotatable bonds is 11. The van der Waals surface area contributed by atoms with Crippen molar-refractivity contribution >= 4 is 0 Å². The molecule has 3 aromatic rings. The van der Waals surface area contributed by atoms with E-state index < -0.39 is 5.60 Å². The highest BCUT2D eigenvalue weighted by atomic mass is 16.5. The summed E-state index contributed by atoms with van der Waals surface area (Å²) in [6.07, 6.45) is 1.00. The van der Waals surface area contributed by atoms with Crippen LogP contribution >= 0.6 is 0 Å². The summed E-state index contributed by atoms with van der Waals surface area (Å²) in [6.45, 7) is 8.85. The van der Waals surface area contributed by atoms with Crippen molar-refractivity contribution in [3.05, 3.63) is 95.6 Å². The molecular formula is C31H39NO4. The first-order valence-electron chi connectivity index (χ1n) is 13.0. The van der Waals surface area contributed by atoms with Gasteiger partial charge in [0.25, 0.3) is 0 Å². The van der Waals surface area contributed by atoms with Gasteiger partial charge in [-0.1, -0.05) is 74.5 Å². The van der Waals surface area contributed by atoms with Gasteiger partial charge in [-0.15, -0.1) is 0 Å². The van der Waals surface area contributed by atoms with Gasteiger partial charge in [-0.3, -0.25) is 4.90 Å². The Morgan fingerprint density at radius 3 is 2.25 bits per heavy atom. The highest BCUT2D eigenvalue weighted by molar-refractivity contribution is 5.49.